The second-order valence-corrected chi connectivity index (χ2v) is 6.35. The molecule has 0 heterocycles. The third-order valence-corrected chi connectivity index (χ3v) is 4.82. The number of Topliss-reactive ketones (excluding diaryl/α,β-unsaturated/α-hetero) is 1. The topological polar surface area (TPSA) is 37.3 Å². The summed E-state index contributed by atoms with van der Waals surface area (Å²) in [4.78, 5) is 12.2. The maximum absolute atomic E-state index is 12.2. The molecule has 0 bridgehead atoms. The van der Waals surface area contributed by atoms with E-state index in [9.17, 15) is 9.90 Å². The molecule has 2 heteroatoms. The Kier molecular flexibility index (Phi) is 4.24. The summed E-state index contributed by atoms with van der Waals surface area (Å²) in [6, 6.07) is 0. The van der Waals surface area contributed by atoms with Gasteiger partial charge < -0.3 is 5.11 Å². The van der Waals surface area contributed by atoms with Crippen LogP contribution < -0.4 is 0 Å². The Morgan fingerprint density at radius 2 is 1.71 bits per heavy atom. The molecule has 0 aromatic heterocycles. The summed E-state index contributed by atoms with van der Waals surface area (Å²) in [6.07, 6.45) is 10.3. The van der Waals surface area contributed by atoms with Crippen LogP contribution in [0.25, 0.3) is 0 Å². The average Bonchev–Trinajstić information content (AvgIpc) is 2.34. The molecule has 0 spiro atoms. The number of carbonyl (C=O) groups excluding carboxylic acids is 1. The number of rotatable bonds is 3. The van der Waals surface area contributed by atoms with Gasteiger partial charge in [-0.3, -0.25) is 4.79 Å². The SMILES string of the molecule is CC1CCC(O)(C(=O)CC2CCCCC2)CC1. The lowest BCUT2D eigenvalue weighted by Crippen LogP contribution is -2.42. The molecule has 0 aromatic carbocycles. The van der Waals surface area contributed by atoms with E-state index in [-0.39, 0.29) is 5.78 Å². The second-order valence-electron chi connectivity index (χ2n) is 6.35. The summed E-state index contributed by atoms with van der Waals surface area (Å²) in [7, 11) is 0. The maximum atomic E-state index is 12.2. The predicted octanol–water partition coefficient (Wildman–Crippen LogP) is 3.47. The standard InChI is InChI=1S/C15H26O2/c1-12-7-9-15(17,10-8-12)14(16)11-13-5-3-2-4-6-13/h12-13,17H,2-11H2,1H3. The van der Waals surface area contributed by atoms with E-state index >= 15 is 0 Å². The first-order chi connectivity index (χ1) is 8.10. The summed E-state index contributed by atoms with van der Waals surface area (Å²) in [6.45, 7) is 2.21. The van der Waals surface area contributed by atoms with Gasteiger partial charge in [-0.25, -0.2) is 0 Å². The quantitative estimate of drug-likeness (QED) is 0.817. The van der Waals surface area contributed by atoms with Gasteiger partial charge in [-0.05, 0) is 37.5 Å². The van der Waals surface area contributed by atoms with Crippen molar-refractivity contribution in [1.82, 2.24) is 0 Å². The number of hydrogen-bond acceptors (Lipinski definition) is 2. The van der Waals surface area contributed by atoms with Gasteiger partial charge in [0, 0.05) is 6.42 Å². The molecule has 0 unspecified atom stereocenters. The molecule has 17 heavy (non-hydrogen) atoms. The van der Waals surface area contributed by atoms with Crippen molar-refractivity contribution in [3.05, 3.63) is 0 Å². The van der Waals surface area contributed by atoms with Crippen molar-refractivity contribution in [2.24, 2.45) is 11.8 Å². The maximum Gasteiger partial charge on any atom is 0.164 e. The molecule has 0 radical (unpaired) electrons. The minimum atomic E-state index is -0.968. The lowest BCUT2D eigenvalue weighted by molar-refractivity contribution is -0.142. The zero-order chi connectivity index (χ0) is 12.3. The number of ketones is 1. The lowest BCUT2D eigenvalue weighted by atomic mass is 9.74. The summed E-state index contributed by atoms with van der Waals surface area (Å²) in [5.41, 5.74) is -0.968. The molecule has 2 fully saturated rings. The Labute approximate surface area is 105 Å². The number of aliphatic hydroxyl groups is 1. The van der Waals surface area contributed by atoms with Crippen molar-refractivity contribution in [3.63, 3.8) is 0 Å². The van der Waals surface area contributed by atoms with Crippen LogP contribution >= 0.6 is 0 Å². The third-order valence-electron chi connectivity index (χ3n) is 4.82. The summed E-state index contributed by atoms with van der Waals surface area (Å²) in [5, 5.41) is 10.4. The van der Waals surface area contributed by atoms with Gasteiger partial charge in [-0.15, -0.1) is 0 Å². The molecule has 0 atom stereocenters. The average molecular weight is 238 g/mol. The van der Waals surface area contributed by atoms with Gasteiger partial charge in [-0.1, -0.05) is 39.0 Å². The van der Waals surface area contributed by atoms with Gasteiger partial charge in [0.05, 0.1) is 0 Å². The van der Waals surface area contributed by atoms with Crippen LogP contribution in [0.3, 0.4) is 0 Å². The second kappa shape index (κ2) is 5.51. The predicted molar refractivity (Wildman–Crippen MR) is 68.8 cm³/mol. The molecule has 2 rings (SSSR count). The van der Waals surface area contributed by atoms with Crippen LogP contribution in [0.4, 0.5) is 0 Å². The van der Waals surface area contributed by atoms with Crippen LogP contribution in [0.1, 0.15) is 71.1 Å². The molecular formula is C15H26O2. The van der Waals surface area contributed by atoms with Gasteiger partial charge in [0.25, 0.3) is 0 Å². The van der Waals surface area contributed by atoms with E-state index in [1.165, 1.54) is 32.1 Å². The summed E-state index contributed by atoms with van der Waals surface area (Å²) in [5.74, 6) is 1.37. The van der Waals surface area contributed by atoms with E-state index in [2.05, 4.69) is 6.92 Å². The van der Waals surface area contributed by atoms with Gasteiger partial charge in [-0.2, -0.15) is 0 Å². The highest BCUT2D eigenvalue weighted by Gasteiger charge is 2.39. The highest BCUT2D eigenvalue weighted by molar-refractivity contribution is 5.87. The van der Waals surface area contributed by atoms with Gasteiger partial charge in [0.1, 0.15) is 5.60 Å². The summed E-state index contributed by atoms with van der Waals surface area (Å²) >= 11 is 0. The first-order valence-electron chi connectivity index (χ1n) is 7.36. The molecule has 2 aliphatic rings. The van der Waals surface area contributed by atoms with E-state index in [0.717, 1.165) is 12.8 Å². The zero-order valence-corrected chi connectivity index (χ0v) is 11.1. The van der Waals surface area contributed by atoms with E-state index in [0.29, 0.717) is 31.1 Å². The fourth-order valence-corrected chi connectivity index (χ4v) is 3.36. The van der Waals surface area contributed by atoms with Crippen molar-refractivity contribution in [2.45, 2.75) is 76.7 Å². The van der Waals surface area contributed by atoms with E-state index in [1.807, 2.05) is 0 Å². The Morgan fingerprint density at radius 3 is 2.29 bits per heavy atom. The molecule has 0 aliphatic heterocycles. The number of carbonyl (C=O) groups is 1. The smallest absolute Gasteiger partial charge is 0.164 e. The van der Waals surface area contributed by atoms with Crippen molar-refractivity contribution < 1.29 is 9.90 Å². The van der Waals surface area contributed by atoms with Gasteiger partial charge >= 0.3 is 0 Å². The van der Waals surface area contributed by atoms with E-state index in [1.54, 1.807) is 0 Å². The fourth-order valence-electron chi connectivity index (χ4n) is 3.36. The molecule has 0 saturated heterocycles. The first kappa shape index (κ1) is 13.1. The highest BCUT2D eigenvalue weighted by atomic mass is 16.3. The molecule has 98 valence electrons. The molecule has 0 aromatic rings. The van der Waals surface area contributed by atoms with Gasteiger partial charge in [0.2, 0.25) is 0 Å². The molecule has 0 amide bonds. The van der Waals surface area contributed by atoms with Crippen molar-refractivity contribution in [2.75, 3.05) is 0 Å². The minimum Gasteiger partial charge on any atom is -0.382 e. The Morgan fingerprint density at radius 1 is 1.12 bits per heavy atom. The van der Waals surface area contributed by atoms with Crippen molar-refractivity contribution in [1.29, 1.82) is 0 Å². The molecule has 1 N–H and O–H groups in total. The molecule has 2 nitrogen and oxygen atoms in total. The lowest BCUT2D eigenvalue weighted by Gasteiger charge is -2.35. The van der Waals surface area contributed by atoms with Crippen molar-refractivity contribution in [3.8, 4) is 0 Å². The molecule has 2 saturated carbocycles. The van der Waals surface area contributed by atoms with Crippen LogP contribution in [0.15, 0.2) is 0 Å². The highest BCUT2D eigenvalue weighted by Crippen LogP contribution is 2.35. The van der Waals surface area contributed by atoms with Gasteiger partial charge in [0.15, 0.2) is 5.78 Å². The monoisotopic (exact) mass is 238 g/mol. The zero-order valence-electron chi connectivity index (χ0n) is 11.1. The van der Waals surface area contributed by atoms with Crippen LogP contribution in [0.5, 0.6) is 0 Å². The van der Waals surface area contributed by atoms with E-state index < -0.39 is 5.60 Å². The molecule has 2 aliphatic carbocycles. The largest absolute Gasteiger partial charge is 0.382 e. The van der Waals surface area contributed by atoms with Crippen LogP contribution in [-0.4, -0.2) is 16.5 Å². The van der Waals surface area contributed by atoms with Crippen LogP contribution in [0, 0.1) is 11.8 Å². The van der Waals surface area contributed by atoms with Crippen molar-refractivity contribution >= 4 is 5.78 Å². The van der Waals surface area contributed by atoms with E-state index in [4.69, 9.17) is 0 Å². The Balaban J connectivity index is 1.85. The van der Waals surface area contributed by atoms with Crippen LogP contribution in [-0.2, 0) is 4.79 Å². The normalized spacial score (nSPS) is 35.8. The first-order valence-corrected chi connectivity index (χ1v) is 7.36. The minimum absolute atomic E-state index is 0.135. The molecular weight excluding hydrogens is 212 g/mol. The van der Waals surface area contributed by atoms with Crippen LogP contribution in [0.2, 0.25) is 0 Å². The third kappa shape index (κ3) is 3.31. The summed E-state index contributed by atoms with van der Waals surface area (Å²) < 4.78 is 0. The fraction of sp³-hybridized carbons (Fsp3) is 0.933. The Bertz CT molecular complexity index is 258. The number of hydrogen-bond donors (Lipinski definition) is 1. The Hall–Kier alpha value is -0.370.